The van der Waals surface area contributed by atoms with Gasteiger partial charge < -0.3 is 14.1 Å². The standard InChI is InChI=1S/C15H16B3ClN2O4/c1-8-2-3-10(19)5-11(8)9-4-12(24-17)14(20-6-9)15(23)21(16)7-13(22)25-18/h2-6H,7,16-18H2,1H3. The lowest BCUT2D eigenvalue weighted by atomic mass is 10.0. The van der Waals surface area contributed by atoms with E-state index in [1.807, 2.05) is 25.1 Å². The van der Waals surface area contributed by atoms with Gasteiger partial charge in [-0.15, -0.1) is 0 Å². The van der Waals surface area contributed by atoms with Gasteiger partial charge in [0.25, 0.3) is 5.91 Å². The first-order valence-corrected chi connectivity index (χ1v) is 7.88. The van der Waals surface area contributed by atoms with E-state index in [-0.39, 0.29) is 12.2 Å². The molecule has 0 bridgehead atoms. The second kappa shape index (κ2) is 8.12. The predicted molar refractivity (Wildman–Crippen MR) is 103 cm³/mol. The van der Waals surface area contributed by atoms with Crippen molar-refractivity contribution in [2.75, 3.05) is 6.54 Å². The first-order valence-electron chi connectivity index (χ1n) is 7.50. The number of aromatic nitrogens is 1. The largest absolute Gasteiger partial charge is 0.566 e. The van der Waals surface area contributed by atoms with E-state index in [2.05, 4.69) is 9.64 Å². The Morgan fingerprint density at radius 1 is 1.28 bits per heavy atom. The quantitative estimate of drug-likeness (QED) is 0.690. The summed E-state index contributed by atoms with van der Waals surface area (Å²) in [6.45, 7) is 1.79. The molecule has 6 nitrogen and oxygen atoms in total. The third-order valence-electron chi connectivity index (χ3n) is 3.73. The highest BCUT2D eigenvalue weighted by Gasteiger charge is 2.20. The van der Waals surface area contributed by atoms with Crippen LogP contribution in [-0.2, 0) is 9.45 Å². The van der Waals surface area contributed by atoms with Gasteiger partial charge in [0.05, 0.1) is 0 Å². The number of benzene rings is 1. The van der Waals surface area contributed by atoms with Crippen LogP contribution in [0.3, 0.4) is 0 Å². The maximum Gasteiger partial charge on any atom is 0.326 e. The van der Waals surface area contributed by atoms with Crippen molar-refractivity contribution in [3.05, 3.63) is 46.7 Å². The van der Waals surface area contributed by atoms with Crippen LogP contribution >= 0.6 is 11.6 Å². The summed E-state index contributed by atoms with van der Waals surface area (Å²) in [7, 11) is 4.22. The molecule has 0 aliphatic rings. The Labute approximate surface area is 153 Å². The van der Waals surface area contributed by atoms with Crippen LogP contribution in [0.4, 0.5) is 0 Å². The smallest absolute Gasteiger partial charge is 0.326 e. The normalized spacial score (nSPS) is 10.2. The molecule has 2 rings (SSSR count). The molecular formula is C15H16B3ClN2O4. The lowest BCUT2D eigenvalue weighted by molar-refractivity contribution is -0.133. The Balaban J connectivity index is 2.38. The molecule has 0 spiro atoms. The number of carbonyl (C=O) groups excluding carboxylic acids is 2. The number of carbonyl (C=O) groups is 2. The zero-order chi connectivity index (χ0) is 18.6. The Bertz CT molecular complexity index is 819. The van der Waals surface area contributed by atoms with Crippen molar-refractivity contribution in [1.29, 1.82) is 0 Å². The summed E-state index contributed by atoms with van der Waals surface area (Å²) >= 11 is 6.07. The van der Waals surface area contributed by atoms with Crippen LogP contribution in [0.15, 0.2) is 30.5 Å². The number of nitrogens with zero attached hydrogens (tertiary/aromatic N) is 2. The molecule has 2 aromatic rings. The lowest BCUT2D eigenvalue weighted by Crippen LogP contribution is -2.34. The minimum atomic E-state index is -0.513. The van der Waals surface area contributed by atoms with Gasteiger partial charge in [-0.1, -0.05) is 17.7 Å². The van der Waals surface area contributed by atoms with Gasteiger partial charge in [-0.2, -0.15) is 0 Å². The Hall–Kier alpha value is -2.41. The van der Waals surface area contributed by atoms with E-state index >= 15 is 0 Å². The van der Waals surface area contributed by atoms with Crippen LogP contribution in [0.1, 0.15) is 16.1 Å². The van der Waals surface area contributed by atoms with Crippen LogP contribution in [0, 0.1) is 6.92 Å². The molecule has 0 saturated carbocycles. The maximum atomic E-state index is 12.5. The number of halogens is 1. The number of rotatable bonds is 5. The first kappa shape index (κ1) is 18.9. The molecule has 1 amide bonds. The molecule has 0 N–H and O–H groups in total. The van der Waals surface area contributed by atoms with E-state index in [1.54, 1.807) is 12.3 Å². The average molecular weight is 356 g/mol. The molecule has 0 aliphatic heterocycles. The average Bonchev–Trinajstić information content (AvgIpc) is 2.62. The molecule has 0 unspecified atom stereocenters. The molecule has 0 fully saturated rings. The van der Waals surface area contributed by atoms with Crippen molar-refractivity contribution in [2.24, 2.45) is 0 Å². The van der Waals surface area contributed by atoms with Gasteiger partial charge in [-0.25, -0.2) is 4.98 Å². The number of aryl methyl sites for hydroxylation is 1. The molecule has 1 heterocycles. The van der Waals surface area contributed by atoms with Crippen LogP contribution < -0.4 is 4.65 Å². The van der Waals surface area contributed by atoms with Gasteiger partial charge in [0.1, 0.15) is 12.3 Å². The summed E-state index contributed by atoms with van der Waals surface area (Å²) < 4.78 is 9.89. The fraction of sp³-hybridized carbons (Fsp3) is 0.133. The van der Waals surface area contributed by atoms with Gasteiger partial charge in [0.2, 0.25) is 7.98 Å². The van der Waals surface area contributed by atoms with Crippen molar-refractivity contribution >= 4 is 47.6 Å². The second-order valence-corrected chi connectivity index (χ2v) is 5.91. The van der Waals surface area contributed by atoms with Gasteiger partial charge in [-0.3, -0.25) is 9.59 Å². The Kier molecular flexibility index (Phi) is 6.14. The Morgan fingerprint density at radius 2 is 2.00 bits per heavy atom. The summed E-state index contributed by atoms with van der Waals surface area (Å²) in [5.41, 5.74) is 2.83. The van der Waals surface area contributed by atoms with E-state index in [4.69, 9.17) is 16.3 Å². The molecular weight excluding hydrogens is 340 g/mol. The monoisotopic (exact) mass is 356 g/mol. The fourth-order valence-electron chi connectivity index (χ4n) is 2.32. The molecule has 1 aromatic carbocycles. The van der Waals surface area contributed by atoms with E-state index < -0.39 is 11.9 Å². The fourth-order valence-corrected chi connectivity index (χ4v) is 2.50. The highest BCUT2D eigenvalue weighted by Crippen LogP contribution is 2.30. The summed E-state index contributed by atoms with van der Waals surface area (Å²) in [6.07, 6.45) is 1.58. The maximum absolute atomic E-state index is 12.5. The van der Waals surface area contributed by atoms with Gasteiger partial charge >= 0.3 is 22.1 Å². The third-order valence-corrected chi connectivity index (χ3v) is 3.96. The predicted octanol–water partition coefficient (Wildman–Crippen LogP) is -0.281. The lowest BCUT2D eigenvalue weighted by Gasteiger charge is -2.18. The van der Waals surface area contributed by atoms with Crippen molar-refractivity contribution in [3.8, 4) is 16.9 Å². The van der Waals surface area contributed by atoms with Crippen molar-refractivity contribution in [3.63, 3.8) is 0 Å². The van der Waals surface area contributed by atoms with Crippen LogP contribution in [0.25, 0.3) is 11.1 Å². The number of pyridine rings is 1. The molecule has 0 aliphatic carbocycles. The first-order chi connectivity index (χ1) is 11.9. The number of hydrogen-bond acceptors (Lipinski definition) is 5. The molecule has 1 aromatic heterocycles. The van der Waals surface area contributed by atoms with Crippen molar-refractivity contribution < 1.29 is 18.9 Å². The molecule has 10 heteroatoms. The van der Waals surface area contributed by atoms with Crippen LogP contribution in [0.2, 0.25) is 5.02 Å². The van der Waals surface area contributed by atoms with E-state index in [1.165, 1.54) is 28.9 Å². The highest BCUT2D eigenvalue weighted by molar-refractivity contribution is 6.30. The summed E-state index contributed by atoms with van der Waals surface area (Å²) in [5, 5.41) is 0.609. The van der Waals surface area contributed by atoms with Gasteiger partial charge in [0.15, 0.2) is 5.69 Å². The van der Waals surface area contributed by atoms with E-state index in [0.29, 0.717) is 10.8 Å². The van der Waals surface area contributed by atoms with E-state index in [0.717, 1.165) is 16.7 Å². The SMILES string of the molecule is BOC(=O)CN(B)C(=O)c1ncc(-c2cc(Cl)ccc2C)cc1OB. The van der Waals surface area contributed by atoms with Gasteiger partial charge in [0, 0.05) is 16.8 Å². The number of hydrogen-bond donors (Lipinski definition) is 0. The summed E-state index contributed by atoms with van der Waals surface area (Å²) in [5.74, 6) is -0.629. The third kappa shape index (κ3) is 4.36. The minimum absolute atomic E-state index is 0.123. The van der Waals surface area contributed by atoms with Crippen molar-refractivity contribution in [1.82, 2.24) is 9.79 Å². The molecule has 126 valence electrons. The number of amides is 1. The van der Waals surface area contributed by atoms with Crippen LogP contribution in [-0.4, -0.2) is 52.3 Å². The molecule has 0 atom stereocenters. The molecule has 0 radical (unpaired) electrons. The zero-order valence-electron chi connectivity index (χ0n) is 14.5. The summed E-state index contributed by atoms with van der Waals surface area (Å²) in [4.78, 5) is 29.3. The van der Waals surface area contributed by atoms with Crippen molar-refractivity contribution in [2.45, 2.75) is 6.92 Å². The summed E-state index contributed by atoms with van der Waals surface area (Å²) in [6, 6.07) is 7.28. The highest BCUT2D eigenvalue weighted by atomic mass is 35.5. The van der Waals surface area contributed by atoms with E-state index in [9.17, 15) is 9.59 Å². The molecule has 25 heavy (non-hydrogen) atoms. The molecule has 0 saturated heterocycles. The Morgan fingerprint density at radius 3 is 2.64 bits per heavy atom. The van der Waals surface area contributed by atoms with Gasteiger partial charge in [-0.05, 0) is 36.2 Å². The topological polar surface area (TPSA) is 68.7 Å². The second-order valence-electron chi connectivity index (χ2n) is 5.47. The van der Waals surface area contributed by atoms with Crippen LogP contribution in [0.5, 0.6) is 5.75 Å². The zero-order valence-corrected chi connectivity index (χ0v) is 15.3. The minimum Gasteiger partial charge on any atom is -0.566 e.